The quantitative estimate of drug-likeness (QED) is 0.455. The molecule has 0 saturated carbocycles. The zero-order chi connectivity index (χ0) is 13.5. The Morgan fingerprint density at radius 3 is 2.61 bits per heavy atom. The van der Waals surface area contributed by atoms with Gasteiger partial charge < -0.3 is 10.1 Å². The molecule has 0 bridgehead atoms. The molecule has 0 saturated heterocycles. The summed E-state index contributed by atoms with van der Waals surface area (Å²) in [6, 6.07) is 0. The molecule has 7 nitrogen and oxygen atoms in total. The molecule has 0 aromatic carbocycles. The standard InChI is InChI=1S/C11H18N4O3/c1-4-6-7-18-11-9(15(16)17)10(12-3)13-8(5-2)14-11/h4-7H2,1-3H3,(H,12,13,14). The molecule has 0 aliphatic heterocycles. The smallest absolute Gasteiger partial charge is 0.372 e. The van der Waals surface area contributed by atoms with Crippen LogP contribution in [0.3, 0.4) is 0 Å². The first kappa shape index (κ1) is 14.1. The van der Waals surface area contributed by atoms with Crippen LogP contribution in [0.5, 0.6) is 5.88 Å². The molecular weight excluding hydrogens is 236 g/mol. The van der Waals surface area contributed by atoms with Crippen molar-refractivity contribution in [2.45, 2.75) is 33.1 Å². The molecule has 7 heteroatoms. The number of aryl methyl sites for hydroxylation is 1. The molecule has 0 radical (unpaired) electrons. The van der Waals surface area contributed by atoms with Crippen molar-refractivity contribution in [2.24, 2.45) is 0 Å². The first-order valence-electron chi connectivity index (χ1n) is 5.99. The van der Waals surface area contributed by atoms with E-state index in [-0.39, 0.29) is 17.4 Å². The number of ether oxygens (including phenoxy) is 1. The summed E-state index contributed by atoms with van der Waals surface area (Å²) in [5.41, 5.74) is -0.203. The van der Waals surface area contributed by atoms with Crippen molar-refractivity contribution < 1.29 is 9.66 Å². The third kappa shape index (κ3) is 3.28. The van der Waals surface area contributed by atoms with E-state index in [1.54, 1.807) is 7.05 Å². The first-order chi connectivity index (χ1) is 8.63. The van der Waals surface area contributed by atoms with E-state index in [9.17, 15) is 10.1 Å². The van der Waals surface area contributed by atoms with Crippen LogP contribution in [0.15, 0.2) is 0 Å². The van der Waals surface area contributed by atoms with Crippen molar-refractivity contribution in [1.82, 2.24) is 9.97 Å². The molecule has 0 spiro atoms. The zero-order valence-corrected chi connectivity index (χ0v) is 10.9. The van der Waals surface area contributed by atoms with Crippen LogP contribution in [0, 0.1) is 10.1 Å². The topological polar surface area (TPSA) is 90.2 Å². The van der Waals surface area contributed by atoms with Crippen LogP contribution in [-0.2, 0) is 6.42 Å². The Morgan fingerprint density at radius 1 is 1.39 bits per heavy atom. The van der Waals surface area contributed by atoms with Gasteiger partial charge in [-0.3, -0.25) is 10.1 Å². The molecule has 1 heterocycles. The van der Waals surface area contributed by atoms with E-state index in [0.717, 1.165) is 12.8 Å². The molecule has 1 aromatic heterocycles. The van der Waals surface area contributed by atoms with E-state index >= 15 is 0 Å². The summed E-state index contributed by atoms with van der Waals surface area (Å²) in [5, 5.41) is 13.7. The molecule has 1 aromatic rings. The van der Waals surface area contributed by atoms with E-state index in [1.807, 2.05) is 13.8 Å². The van der Waals surface area contributed by atoms with Crippen molar-refractivity contribution in [2.75, 3.05) is 19.0 Å². The van der Waals surface area contributed by atoms with Crippen LogP contribution < -0.4 is 10.1 Å². The Kier molecular flexibility index (Phi) is 5.29. The van der Waals surface area contributed by atoms with Crippen LogP contribution in [0.1, 0.15) is 32.5 Å². The number of anilines is 1. The molecule has 100 valence electrons. The monoisotopic (exact) mass is 254 g/mol. The third-order valence-corrected chi connectivity index (χ3v) is 2.37. The van der Waals surface area contributed by atoms with Gasteiger partial charge in [-0.2, -0.15) is 4.98 Å². The lowest BCUT2D eigenvalue weighted by molar-refractivity contribution is -0.385. The normalized spacial score (nSPS) is 10.2. The summed E-state index contributed by atoms with van der Waals surface area (Å²) in [6.07, 6.45) is 2.38. The summed E-state index contributed by atoms with van der Waals surface area (Å²) in [6.45, 7) is 4.32. The predicted octanol–water partition coefficient (Wildman–Crippen LogP) is 2.17. The Labute approximate surface area is 106 Å². The number of aromatic nitrogens is 2. The van der Waals surface area contributed by atoms with Gasteiger partial charge in [-0.25, -0.2) is 4.98 Å². The van der Waals surface area contributed by atoms with Crippen LogP contribution in [-0.4, -0.2) is 28.5 Å². The number of nitrogens with one attached hydrogen (secondary N) is 1. The second kappa shape index (κ2) is 6.73. The molecule has 0 aliphatic rings. The molecule has 18 heavy (non-hydrogen) atoms. The van der Waals surface area contributed by atoms with Crippen molar-refractivity contribution >= 4 is 11.5 Å². The van der Waals surface area contributed by atoms with Crippen LogP contribution in [0.25, 0.3) is 0 Å². The maximum absolute atomic E-state index is 11.0. The highest BCUT2D eigenvalue weighted by Gasteiger charge is 2.25. The number of unbranched alkanes of at least 4 members (excludes halogenated alkanes) is 1. The minimum Gasteiger partial charge on any atom is -0.473 e. The van der Waals surface area contributed by atoms with Crippen molar-refractivity contribution in [3.05, 3.63) is 15.9 Å². The average Bonchev–Trinajstić information content (AvgIpc) is 2.37. The van der Waals surface area contributed by atoms with E-state index < -0.39 is 4.92 Å². The second-order valence-electron chi connectivity index (χ2n) is 3.70. The fourth-order valence-electron chi connectivity index (χ4n) is 1.39. The maximum Gasteiger partial charge on any atom is 0.372 e. The van der Waals surface area contributed by atoms with Gasteiger partial charge in [0.1, 0.15) is 5.82 Å². The predicted molar refractivity (Wildman–Crippen MR) is 68.0 cm³/mol. The number of hydrogen-bond acceptors (Lipinski definition) is 6. The summed E-state index contributed by atoms with van der Waals surface area (Å²) < 4.78 is 5.39. The van der Waals surface area contributed by atoms with Gasteiger partial charge in [-0.1, -0.05) is 20.3 Å². The lowest BCUT2D eigenvalue weighted by atomic mass is 10.3. The molecule has 1 rings (SSSR count). The van der Waals surface area contributed by atoms with Gasteiger partial charge in [-0.05, 0) is 6.42 Å². The number of rotatable bonds is 7. The van der Waals surface area contributed by atoms with Gasteiger partial charge in [0, 0.05) is 13.5 Å². The third-order valence-electron chi connectivity index (χ3n) is 2.37. The van der Waals surface area contributed by atoms with Gasteiger partial charge >= 0.3 is 5.69 Å². The van der Waals surface area contributed by atoms with Crippen LogP contribution >= 0.6 is 0 Å². The van der Waals surface area contributed by atoms with Gasteiger partial charge in [0.05, 0.1) is 11.5 Å². The molecule has 1 N–H and O–H groups in total. The molecule has 0 amide bonds. The highest BCUT2D eigenvalue weighted by atomic mass is 16.6. The maximum atomic E-state index is 11.0. The van der Waals surface area contributed by atoms with Crippen LogP contribution in [0.4, 0.5) is 11.5 Å². The van der Waals surface area contributed by atoms with E-state index in [1.165, 1.54) is 0 Å². The summed E-state index contributed by atoms with van der Waals surface area (Å²) in [7, 11) is 1.59. The lowest BCUT2D eigenvalue weighted by Crippen LogP contribution is -2.09. The average molecular weight is 254 g/mol. The van der Waals surface area contributed by atoms with Gasteiger partial charge in [0.2, 0.25) is 5.82 Å². The van der Waals surface area contributed by atoms with E-state index in [4.69, 9.17) is 4.74 Å². The minimum atomic E-state index is -0.521. The molecule has 0 aliphatic carbocycles. The number of hydrogen-bond donors (Lipinski definition) is 1. The largest absolute Gasteiger partial charge is 0.473 e. The summed E-state index contributed by atoms with van der Waals surface area (Å²) in [5.74, 6) is 0.763. The Bertz CT molecular complexity index is 423. The van der Waals surface area contributed by atoms with Crippen molar-refractivity contribution in [3.63, 3.8) is 0 Å². The van der Waals surface area contributed by atoms with Gasteiger partial charge in [0.15, 0.2) is 0 Å². The second-order valence-corrected chi connectivity index (χ2v) is 3.70. The summed E-state index contributed by atoms with van der Waals surface area (Å²) >= 11 is 0. The zero-order valence-electron chi connectivity index (χ0n) is 10.9. The van der Waals surface area contributed by atoms with Crippen LogP contribution in [0.2, 0.25) is 0 Å². The SMILES string of the molecule is CCCCOc1nc(CC)nc(NC)c1[N+](=O)[O-]. The van der Waals surface area contributed by atoms with Crippen molar-refractivity contribution in [3.8, 4) is 5.88 Å². The van der Waals surface area contributed by atoms with Crippen molar-refractivity contribution in [1.29, 1.82) is 0 Å². The lowest BCUT2D eigenvalue weighted by Gasteiger charge is -2.09. The Morgan fingerprint density at radius 2 is 2.11 bits per heavy atom. The highest BCUT2D eigenvalue weighted by Crippen LogP contribution is 2.31. The number of nitrogens with zero attached hydrogens (tertiary/aromatic N) is 3. The fourth-order valence-corrected chi connectivity index (χ4v) is 1.39. The molecular formula is C11H18N4O3. The molecule has 0 fully saturated rings. The van der Waals surface area contributed by atoms with Gasteiger partial charge in [-0.15, -0.1) is 0 Å². The van der Waals surface area contributed by atoms with Gasteiger partial charge in [0.25, 0.3) is 5.88 Å². The first-order valence-corrected chi connectivity index (χ1v) is 5.99. The number of nitro groups is 1. The fraction of sp³-hybridized carbons (Fsp3) is 0.636. The molecule has 0 unspecified atom stereocenters. The molecule has 0 atom stereocenters. The summed E-state index contributed by atoms with van der Waals surface area (Å²) in [4.78, 5) is 18.7. The Hall–Kier alpha value is -1.92. The Balaban J connectivity index is 3.13. The van der Waals surface area contributed by atoms with E-state index in [0.29, 0.717) is 18.9 Å². The minimum absolute atomic E-state index is 0.0460. The highest BCUT2D eigenvalue weighted by molar-refractivity contribution is 5.61. The van der Waals surface area contributed by atoms with E-state index in [2.05, 4.69) is 15.3 Å².